The predicted molar refractivity (Wildman–Crippen MR) is 63.8 cm³/mol. The molecule has 5 nitrogen and oxygen atoms in total. The molecule has 0 saturated carbocycles. The molecule has 0 aliphatic carbocycles. The van der Waals surface area contributed by atoms with Crippen LogP contribution in [0.5, 0.6) is 5.88 Å². The van der Waals surface area contributed by atoms with Crippen LogP contribution in [0.15, 0.2) is 27.8 Å². The Morgan fingerprint density at radius 3 is 2.56 bits per heavy atom. The molecule has 1 heterocycles. The van der Waals surface area contributed by atoms with Crippen LogP contribution in [0.2, 0.25) is 0 Å². The number of aromatic hydroxyl groups is 1. The zero-order valence-electron chi connectivity index (χ0n) is 9.82. The monoisotopic (exact) mass is 250 g/mol. The molecular weight excluding hydrogens is 239 g/mol. The van der Waals surface area contributed by atoms with E-state index >= 15 is 0 Å². The molecular formula is C12H11FN2O3. The molecule has 0 radical (unpaired) electrons. The van der Waals surface area contributed by atoms with Gasteiger partial charge in [-0.3, -0.25) is 9.78 Å². The Morgan fingerprint density at radius 2 is 1.89 bits per heavy atom. The first-order chi connectivity index (χ1) is 8.43. The van der Waals surface area contributed by atoms with E-state index in [-0.39, 0.29) is 16.8 Å². The summed E-state index contributed by atoms with van der Waals surface area (Å²) in [7, 11) is 0. The summed E-state index contributed by atoms with van der Waals surface area (Å²) >= 11 is 0. The van der Waals surface area contributed by atoms with Gasteiger partial charge in [0.25, 0.3) is 5.56 Å². The van der Waals surface area contributed by atoms with Crippen molar-refractivity contribution in [1.82, 2.24) is 9.55 Å². The van der Waals surface area contributed by atoms with Gasteiger partial charge in [-0.25, -0.2) is 13.8 Å². The smallest absolute Gasteiger partial charge is 0.335 e. The SMILES string of the molecule is Cc1c(F)cccc1-n1c(O)c(C)c(=O)[nH]c1=O. The first kappa shape index (κ1) is 12.1. The van der Waals surface area contributed by atoms with Gasteiger partial charge in [0.05, 0.1) is 11.3 Å². The van der Waals surface area contributed by atoms with Gasteiger partial charge in [0.15, 0.2) is 0 Å². The predicted octanol–water partition coefficient (Wildman–Crippen LogP) is 0.987. The van der Waals surface area contributed by atoms with Crippen molar-refractivity contribution in [2.45, 2.75) is 13.8 Å². The molecule has 0 bridgehead atoms. The van der Waals surface area contributed by atoms with Crippen molar-refractivity contribution >= 4 is 0 Å². The lowest BCUT2D eigenvalue weighted by atomic mass is 10.2. The second-order valence-corrected chi connectivity index (χ2v) is 3.93. The van der Waals surface area contributed by atoms with Crippen LogP contribution in [-0.2, 0) is 0 Å². The fourth-order valence-electron chi connectivity index (χ4n) is 1.67. The largest absolute Gasteiger partial charge is 0.494 e. The third-order valence-electron chi connectivity index (χ3n) is 2.79. The second kappa shape index (κ2) is 4.14. The molecule has 6 heteroatoms. The minimum atomic E-state index is -0.809. The third-order valence-corrected chi connectivity index (χ3v) is 2.79. The fourth-order valence-corrected chi connectivity index (χ4v) is 1.67. The summed E-state index contributed by atoms with van der Waals surface area (Å²) in [5.74, 6) is -0.986. The molecule has 0 unspecified atom stereocenters. The van der Waals surface area contributed by atoms with Crippen molar-refractivity contribution in [2.24, 2.45) is 0 Å². The lowest BCUT2D eigenvalue weighted by molar-refractivity contribution is 0.425. The molecule has 18 heavy (non-hydrogen) atoms. The van der Waals surface area contributed by atoms with Crippen LogP contribution < -0.4 is 11.2 Å². The number of hydrogen-bond donors (Lipinski definition) is 2. The first-order valence-electron chi connectivity index (χ1n) is 5.24. The third kappa shape index (κ3) is 1.71. The van der Waals surface area contributed by atoms with Crippen LogP contribution in [0.3, 0.4) is 0 Å². The van der Waals surface area contributed by atoms with E-state index in [0.717, 1.165) is 4.57 Å². The van der Waals surface area contributed by atoms with Crippen LogP contribution in [0.1, 0.15) is 11.1 Å². The van der Waals surface area contributed by atoms with E-state index in [1.54, 1.807) is 0 Å². The second-order valence-electron chi connectivity index (χ2n) is 3.93. The summed E-state index contributed by atoms with van der Waals surface area (Å²) in [6.07, 6.45) is 0. The number of halogens is 1. The van der Waals surface area contributed by atoms with Crippen molar-refractivity contribution in [3.8, 4) is 11.6 Å². The molecule has 2 aromatic rings. The Bertz CT molecular complexity index is 731. The van der Waals surface area contributed by atoms with E-state index in [2.05, 4.69) is 4.98 Å². The standard InChI is InChI=1S/C12H11FN2O3/c1-6-8(13)4-3-5-9(6)15-11(17)7(2)10(16)14-12(15)18/h3-5,17H,1-2H3,(H,14,16,18). The Kier molecular flexibility index (Phi) is 2.78. The summed E-state index contributed by atoms with van der Waals surface area (Å²) < 4.78 is 14.3. The number of rotatable bonds is 1. The molecule has 0 fully saturated rings. The molecule has 0 aliphatic rings. The highest BCUT2D eigenvalue weighted by Gasteiger charge is 2.14. The van der Waals surface area contributed by atoms with Crippen molar-refractivity contribution < 1.29 is 9.50 Å². The molecule has 1 aromatic carbocycles. The molecule has 2 N–H and O–H groups in total. The van der Waals surface area contributed by atoms with Crippen LogP contribution in [0, 0.1) is 19.7 Å². The normalized spacial score (nSPS) is 10.6. The highest BCUT2D eigenvalue weighted by molar-refractivity contribution is 5.44. The van der Waals surface area contributed by atoms with Crippen LogP contribution in [0.25, 0.3) is 5.69 Å². The number of H-pyrrole nitrogens is 1. The minimum Gasteiger partial charge on any atom is -0.494 e. The summed E-state index contributed by atoms with van der Waals surface area (Å²) in [5, 5.41) is 9.85. The molecule has 0 aliphatic heterocycles. The average molecular weight is 250 g/mol. The Labute approximate surface area is 101 Å². The molecule has 0 amide bonds. The molecule has 94 valence electrons. The van der Waals surface area contributed by atoms with Gasteiger partial charge in [-0.15, -0.1) is 0 Å². The summed E-state index contributed by atoms with van der Waals surface area (Å²) in [6.45, 7) is 2.86. The Morgan fingerprint density at radius 1 is 1.22 bits per heavy atom. The van der Waals surface area contributed by atoms with Crippen molar-refractivity contribution in [1.29, 1.82) is 0 Å². The number of nitrogens with one attached hydrogen (secondary N) is 1. The van der Waals surface area contributed by atoms with Crippen molar-refractivity contribution in [2.75, 3.05) is 0 Å². The van der Waals surface area contributed by atoms with Gasteiger partial charge in [0.2, 0.25) is 5.88 Å². The van der Waals surface area contributed by atoms with E-state index in [4.69, 9.17) is 0 Å². The van der Waals surface area contributed by atoms with Gasteiger partial charge < -0.3 is 5.11 Å². The average Bonchev–Trinajstić information content (AvgIpc) is 2.32. The van der Waals surface area contributed by atoms with Gasteiger partial charge in [-0.05, 0) is 26.0 Å². The van der Waals surface area contributed by atoms with Gasteiger partial charge in [0.1, 0.15) is 5.82 Å². The van der Waals surface area contributed by atoms with Gasteiger partial charge in [0, 0.05) is 5.56 Å². The highest BCUT2D eigenvalue weighted by atomic mass is 19.1. The summed E-state index contributed by atoms with van der Waals surface area (Å²) in [6, 6.07) is 4.15. The molecule has 2 rings (SSSR count). The molecule has 0 spiro atoms. The summed E-state index contributed by atoms with van der Waals surface area (Å²) in [4.78, 5) is 25.1. The van der Waals surface area contributed by atoms with Gasteiger partial charge in [-0.2, -0.15) is 0 Å². The van der Waals surface area contributed by atoms with E-state index in [1.807, 2.05) is 0 Å². The van der Waals surface area contributed by atoms with Gasteiger partial charge >= 0.3 is 5.69 Å². The van der Waals surface area contributed by atoms with E-state index in [1.165, 1.54) is 32.0 Å². The Hall–Kier alpha value is -2.37. The molecule has 1 aromatic heterocycles. The zero-order chi connectivity index (χ0) is 13.4. The van der Waals surface area contributed by atoms with Crippen LogP contribution >= 0.6 is 0 Å². The van der Waals surface area contributed by atoms with E-state index in [9.17, 15) is 19.1 Å². The van der Waals surface area contributed by atoms with E-state index < -0.39 is 22.9 Å². The maximum Gasteiger partial charge on any atom is 0.335 e. The maximum atomic E-state index is 13.4. The van der Waals surface area contributed by atoms with E-state index in [0.29, 0.717) is 0 Å². The molecule has 0 saturated heterocycles. The number of benzene rings is 1. The number of nitrogens with zero attached hydrogens (tertiary/aromatic N) is 1. The van der Waals surface area contributed by atoms with Crippen LogP contribution in [-0.4, -0.2) is 14.7 Å². The number of aromatic amines is 1. The van der Waals surface area contributed by atoms with Crippen molar-refractivity contribution in [3.63, 3.8) is 0 Å². The van der Waals surface area contributed by atoms with Crippen molar-refractivity contribution in [3.05, 3.63) is 56.0 Å². The minimum absolute atomic E-state index is 0.00161. The van der Waals surface area contributed by atoms with Gasteiger partial charge in [-0.1, -0.05) is 6.07 Å². The lowest BCUT2D eigenvalue weighted by Crippen LogP contribution is -2.30. The number of aromatic nitrogens is 2. The topological polar surface area (TPSA) is 75.1 Å². The molecule has 0 atom stereocenters. The lowest BCUT2D eigenvalue weighted by Gasteiger charge is -2.12. The quantitative estimate of drug-likeness (QED) is 0.792. The summed E-state index contributed by atoms with van der Waals surface area (Å²) in [5.41, 5.74) is -1.07. The fraction of sp³-hybridized carbons (Fsp3) is 0.167. The number of hydrogen-bond acceptors (Lipinski definition) is 3. The maximum absolute atomic E-state index is 13.4. The zero-order valence-corrected chi connectivity index (χ0v) is 9.82. The Balaban J connectivity index is 2.88. The van der Waals surface area contributed by atoms with Crippen LogP contribution in [0.4, 0.5) is 4.39 Å². The highest BCUT2D eigenvalue weighted by Crippen LogP contribution is 2.20. The first-order valence-corrected chi connectivity index (χ1v) is 5.24.